The van der Waals surface area contributed by atoms with E-state index in [0.29, 0.717) is 5.41 Å². The van der Waals surface area contributed by atoms with Crippen molar-refractivity contribution in [3.63, 3.8) is 0 Å². The summed E-state index contributed by atoms with van der Waals surface area (Å²) in [5.74, 6) is 1.88. The molecule has 0 N–H and O–H groups in total. The van der Waals surface area contributed by atoms with Crippen LogP contribution in [0.4, 0.5) is 0 Å². The molecule has 2 fully saturated rings. The van der Waals surface area contributed by atoms with Gasteiger partial charge < -0.3 is 0 Å². The van der Waals surface area contributed by atoms with Gasteiger partial charge in [0.05, 0.1) is 0 Å². The standard InChI is InChI=1S/C20H22/c1-2-6-19-14(4-1)5-3-11-20(19)17-9-7-15-12-18(20)10-8-16(15)13-17/h7-10,12-14,19H,1-6,11H2. The zero-order chi connectivity index (χ0) is 13.2. The summed E-state index contributed by atoms with van der Waals surface area (Å²) in [7, 11) is 0. The quantitative estimate of drug-likeness (QED) is 0.594. The molecule has 2 aromatic rings. The summed E-state index contributed by atoms with van der Waals surface area (Å²) in [4.78, 5) is 0. The lowest BCUT2D eigenvalue weighted by Crippen LogP contribution is -2.44. The molecular formula is C20H22. The predicted octanol–water partition coefficient (Wildman–Crippen LogP) is 5.43. The van der Waals surface area contributed by atoms with Crippen molar-refractivity contribution in [2.24, 2.45) is 11.8 Å². The Bertz CT molecular complexity index is 636. The molecule has 1 spiro atoms. The molecule has 0 saturated heterocycles. The molecule has 5 aliphatic carbocycles. The Morgan fingerprint density at radius 2 is 1.40 bits per heavy atom. The zero-order valence-electron chi connectivity index (χ0n) is 12.1. The molecule has 0 amide bonds. The highest BCUT2D eigenvalue weighted by Crippen LogP contribution is 2.57. The maximum atomic E-state index is 2.50. The van der Waals surface area contributed by atoms with Crippen LogP contribution in [0, 0.1) is 11.8 Å². The van der Waals surface area contributed by atoms with Gasteiger partial charge in [-0.2, -0.15) is 0 Å². The average Bonchev–Trinajstić information content (AvgIpc) is 2.79. The Morgan fingerprint density at radius 3 is 2.15 bits per heavy atom. The number of hydrogen-bond acceptors (Lipinski definition) is 0. The number of rotatable bonds is 0. The normalized spacial score (nSPS) is 30.0. The summed E-state index contributed by atoms with van der Waals surface area (Å²) < 4.78 is 0. The van der Waals surface area contributed by atoms with E-state index in [0.717, 1.165) is 11.8 Å². The molecule has 2 aromatic carbocycles. The molecule has 0 heteroatoms. The van der Waals surface area contributed by atoms with Crippen LogP contribution in [0.1, 0.15) is 56.1 Å². The number of hydrogen-bond donors (Lipinski definition) is 0. The van der Waals surface area contributed by atoms with E-state index in [4.69, 9.17) is 0 Å². The van der Waals surface area contributed by atoms with Gasteiger partial charge in [-0.1, -0.05) is 68.5 Å². The monoisotopic (exact) mass is 262 g/mol. The van der Waals surface area contributed by atoms with Crippen molar-refractivity contribution in [1.82, 2.24) is 0 Å². The fourth-order valence-electron chi connectivity index (χ4n) is 5.71. The SMILES string of the molecule is c1cc2cc3ccc2cc1C31CCCC2CCCCC21. The molecule has 5 aliphatic rings. The third-order valence-electron chi connectivity index (χ3n) is 6.56. The van der Waals surface area contributed by atoms with Gasteiger partial charge in [0.2, 0.25) is 0 Å². The summed E-state index contributed by atoms with van der Waals surface area (Å²) in [5, 5.41) is 2.89. The third-order valence-corrected chi connectivity index (χ3v) is 6.56. The highest BCUT2D eigenvalue weighted by Gasteiger charge is 2.49. The van der Waals surface area contributed by atoms with Crippen molar-refractivity contribution in [3.8, 4) is 0 Å². The molecule has 20 heavy (non-hydrogen) atoms. The van der Waals surface area contributed by atoms with Crippen LogP contribution in [0.5, 0.6) is 0 Å². The first kappa shape index (κ1) is 11.4. The summed E-state index contributed by atoms with van der Waals surface area (Å²) >= 11 is 0. The summed E-state index contributed by atoms with van der Waals surface area (Å²) in [6.07, 6.45) is 10.1. The highest BCUT2D eigenvalue weighted by atomic mass is 14.5. The highest BCUT2D eigenvalue weighted by molar-refractivity contribution is 5.86. The van der Waals surface area contributed by atoms with Gasteiger partial charge in [-0.3, -0.25) is 0 Å². The molecular weight excluding hydrogens is 240 g/mol. The smallest absolute Gasteiger partial charge is 0.0234 e. The van der Waals surface area contributed by atoms with Gasteiger partial charge in [-0.05, 0) is 46.6 Å². The van der Waals surface area contributed by atoms with Crippen LogP contribution in [0.25, 0.3) is 10.8 Å². The molecule has 2 saturated carbocycles. The van der Waals surface area contributed by atoms with Crippen molar-refractivity contribution in [1.29, 1.82) is 0 Å². The van der Waals surface area contributed by atoms with Gasteiger partial charge in [0.15, 0.2) is 0 Å². The molecule has 2 atom stereocenters. The maximum Gasteiger partial charge on any atom is 0.0234 e. The van der Waals surface area contributed by atoms with Crippen LogP contribution in [-0.2, 0) is 5.41 Å². The van der Waals surface area contributed by atoms with Crippen LogP contribution < -0.4 is 0 Å². The van der Waals surface area contributed by atoms with Crippen LogP contribution >= 0.6 is 0 Å². The van der Waals surface area contributed by atoms with E-state index in [9.17, 15) is 0 Å². The van der Waals surface area contributed by atoms with Crippen molar-refractivity contribution in [2.75, 3.05) is 0 Å². The summed E-state index contributed by atoms with van der Waals surface area (Å²) in [6, 6.07) is 14.6. The van der Waals surface area contributed by atoms with E-state index in [-0.39, 0.29) is 0 Å². The van der Waals surface area contributed by atoms with Crippen LogP contribution in [0.2, 0.25) is 0 Å². The molecule has 0 aromatic heterocycles. The van der Waals surface area contributed by atoms with Crippen LogP contribution in [-0.4, -0.2) is 0 Å². The lowest BCUT2D eigenvalue weighted by molar-refractivity contribution is 0.0972. The van der Waals surface area contributed by atoms with E-state index in [1.54, 1.807) is 11.1 Å². The van der Waals surface area contributed by atoms with Crippen molar-refractivity contribution < 1.29 is 0 Å². The molecule has 0 aliphatic heterocycles. The second kappa shape index (κ2) is 3.87. The van der Waals surface area contributed by atoms with E-state index >= 15 is 0 Å². The minimum absolute atomic E-state index is 0.357. The van der Waals surface area contributed by atoms with Gasteiger partial charge in [0.25, 0.3) is 0 Å². The fourth-order valence-corrected chi connectivity index (χ4v) is 5.71. The molecule has 0 heterocycles. The van der Waals surface area contributed by atoms with E-state index < -0.39 is 0 Å². The first-order valence-corrected chi connectivity index (χ1v) is 8.43. The lowest BCUT2D eigenvalue weighted by Gasteiger charge is -2.51. The number of fused-ring (bicyclic) bond motifs is 3. The van der Waals surface area contributed by atoms with Gasteiger partial charge in [0.1, 0.15) is 0 Å². The summed E-state index contributed by atoms with van der Waals surface area (Å²) in [5.41, 5.74) is 3.61. The molecule has 4 bridgehead atoms. The Morgan fingerprint density at radius 1 is 0.750 bits per heavy atom. The molecule has 0 radical (unpaired) electrons. The zero-order valence-corrected chi connectivity index (χ0v) is 12.1. The topological polar surface area (TPSA) is 0 Å². The van der Waals surface area contributed by atoms with Gasteiger partial charge in [-0.25, -0.2) is 0 Å². The molecule has 7 rings (SSSR count). The largest absolute Gasteiger partial charge is 0.0575 e. The minimum atomic E-state index is 0.357. The lowest BCUT2D eigenvalue weighted by atomic mass is 9.53. The predicted molar refractivity (Wildman–Crippen MR) is 84.0 cm³/mol. The van der Waals surface area contributed by atoms with Gasteiger partial charge >= 0.3 is 0 Å². The second-order valence-electron chi connectivity index (χ2n) is 7.29. The van der Waals surface area contributed by atoms with Crippen molar-refractivity contribution in [3.05, 3.63) is 47.5 Å². The summed E-state index contributed by atoms with van der Waals surface area (Å²) in [6.45, 7) is 0. The van der Waals surface area contributed by atoms with Crippen molar-refractivity contribution in [2.45, 2.75) is 50.4 Å². The first-order chi connectivity index (χ1) is 9.88. The average molecular weight is 262 g/mol. The van der Waals surface area contributed by atoms with E-state index in [2.05, 4.69) is 36.4 Å². The number of benzene rings is 2. The molecule has 102 valence electrons. The van der Waals surface area contributed by atoms with Gasteiger partial charge in [0, 0.05) is 5.41 Å². The first-order valence-electron chi connectivity index (χ1n) is 8.43. The van der Waals surface area contributed by atoms with Crippen LogP contribution in [0.15, 0.2) is 36.4 Å². The second-order valence-corrected chi connectivity index (χ2v) is 7.29. The van der Waals surface area contributed by atoms with Crippen LogP contribution in [0.3, 0.4) is 0 Å². The molecule has 2 unspecified atom stereocenters. The molecule has 0 nitrogen and oxygen atoms in total. The fraction of sp³-hybridized carbons (Fsp3) is 0.500. The minimum Gasteiger partial charge on any atom is -0.0575 e. The van der Waals surface area contributed by atoms with E-state index in [1.807, 2.05) is 0 Å². The third kappa shape index (κ3) is 1.28. The Balaban J connectivity index is 1.78. The maximum absolute atomic E-state index is 2.50. The van der Waals surface area contributed by atoms with E-state index in [1.165, 1.54) is 55.7 Å². The Hall–Kier alpha value is -1.30. The Kier molecular flexibility index (Phi) is 2.20. The van der Waals surface area contributed by atoms with Gasteiger partial charge in [-0.15, -0.1) is 0 Å². The Labute approximate surface area is 121 Å². The van der Waals surface area contributed by atoms with Crippen molar-refractivity contribution >= 4 is 10.8 Å².